The summed E-state index contributed by atoms with van der Waals surface area (Å²) >= 11 is 0. The van der Waals surface area contributed by atoms with Gasteiger partial charge in [0.1, 0.15) is 0 Å². The van der Waals surface area contributed by atoms with Gasteiger partial charge < -0.3 is 20.1 Å². The molecule has 0 amide bonds. The van der Waals surface area contributed by atoms with Crippen LogP contribution in [0.3, 0.4) is 0 Å². The van der Waals surface area contributed by atoms with Crippen molar-refractivity contribution in [1.29, 1.82) is 0 Å². The third-order valence-corrected chi connectivity index (χ3v) is 3.12. The first-order valence-electron chi connectivity index (χ1n) is 6.32. The summed E-state index contributed by atoms with van der Waals surface area (Å²) in [6, 6.07) is 0.462. The van der Waals surface area contributed by atoms with E-state index < -0.39 is 0 Å². The molecule has 4 nitrogen and oxygen atoms in total. The molecule has 0 saturated carbocycles. The van der Waals surface area contributed by atoms with Gasteiger partial charge in [-0.2, -0.15) is 0 Å². The molecule has 0 bridgehead atoms. The fourth-order valence-corrected chi connectivity index (χ4v) is 1.91. The first kappa shape index (κ1) is 13.9. The maximum atomic E-state index is 5.62. The fourth-order valence-electron chi connectivity index (χ4n) is 1.91. The van der Waals surface area contributed by atoms with Crippen molar-refractivity contribution in [3.8, 4) is 0 Å². The normalized spacial score (nSPS) is 24.6. The molecule has 0 aromatic heterocycles. The van der Waals surface area contributed by atoms with Crippen molar-refractivity contribution in [2.75, 3.05) is 33.4 Å². The topological polar surface area (TPSA) is 42.5 Å². The van der Waals surface area contributed by atoms with Gasteiger partial charge in [0, 0.05) is 39.4 Å². The average Bonchev–Trinajstić information content (AvgIpc) is 2.81. The minimum atomic E-state index is 0.288. The van der Waals surface area contributed by atoms with Crippen LogP contribution in [0.25, 0.3) is 0 Å². The molecule has 0 aromatic rings. The summed E-state index contributed by atoms with van der Waals surface area (Å²) in [5.41, 5.74) is 0. The molecule has 1 heterocycles. The van der Waals surface area contributed by atoms with E-state index in [1.807, 2.05) is 0 Å². The zero-order valence-corrected chi connectivity index (χ0v) is 10.8. The Morgan fingerprint density at radius 3 is 2.81 bits per heavy atom. The first-order valence-corrected chi connectivity index (χ1v) is 6.32. The standard InChI is InChI=1S/C12H26N2O2/c1-10(15-3)9-13-6-7-14-11(2)12-5-4-8-16-12/h10-14H,4-9H2,1-3H3. The van der Waals surface area contributed by atoms with Crippen LogP contribution in [-0.2, 0) is 9.47 Å². The predicted molar refractivity (Wildman–Crippen MR) is 65.8 cm³/mol. The third-order valence-electron chi connectivity index (χ3n) is 3.12. The lowest BCUT2D eigenvalue weighted by Crippen LogP contribution is -2.41. The van der Waals surface area contributed by atoms with Gasteiger partial charge in [0.15, 0.2) is 0 Å². The predicted octanol–water partition coefficient (Wildman–Crippen LogP) is 0.768. The van der Waals surface area contributed by atoms with Crippen molar-refractivity contribution in [3.63, 3.8) is 0 Å². The zero-order valence-electron chi connectivity index (χ0n) is 10.8. The SMILES string of the molecule is COC(C)CNCCNC(C)C1CCCO1. The van der Waals surface area contributed by atoms with E-state index in [4.69, 9.17) is 9.47 Å². The average molecular weight is 230 g/mol. The zero-order chi connectivity index (χ0) is 11.8. The highest BCUT2D eigenvalue weighted by Crippen LogP contribution is 2.14. The maximum Gasteiger partial charge on any atom is 0.0726 e. The molecule has 1 fully saturated rings. The molecule has 4 heteroatoms. The highest BCUT2D eigenvalue weighted by molar-refractivity contribution is 4.76. The molecule has 0 aromatic carbocycles. The van der Waals surface area contributed by atoms with E-state index in [0.29, 0.717) is 12.1 Å². The Labute approximate surface area is 99.1 Å². The van der Waals surface area contributed by atoms with Crippen LogP contribution in [0.5, 0.6) is 0 Å². The van der Waals surface area contributed by atoms with Crippen LogP contribution >= 0.6 is 0 Å². The van der Waals surface area contributed by atoms with Crippen molar-refractivity contribution in [2.24, 2.45) is 0 Å². The number of hydrogen-bond donors (Lipinski definition) is 2. The molecule has 1 aliphatic heterocycles. The van der Waals surface area contributed by atoms with E-state index >= 15 is 0 Å². The quantitative estimate of drug-likeness (QED) is 0.604. The second-order valence-corrected chi connectivity index (χ2v) is 4.54. The lowest BCUT2D eigenvalue weighted by atomic mass is 10.1. The summed E-state index contributed by atoms with van der Waals surface area (Å²) in [7, 11) is 1.74. The molecule has 3 unspecified atom stereocenters. The molecule has 1 rings (SSSR count). The van der Waals surface area contributed by atoms with E-state index in [1.165, 1.54) is 12.8 Å². The van der Waals surface area contributed by atoms with Gasteiger partial charge in [0.05, 0.1) is 12.2 Å². The van der Waals surface area contributed by atoms with Crippen molar-refractivity contribution in [2.45, 2.75) is 44.9 Å². The van der Waals surface area contributed by atoms with Gasteiger partial charge in [-0.25, -0.2) is 0 Å². The number of ether oxygens (including phenoxy) is 2. The Morgan fingerprint density at radius 2 is 2.19 bits per heavy atom. The Hall–Kier alpha value is -0.160. The molecular weight excluding hydrogens is 204 g/mol. The van der Waals surface area contributed by atoms with Crippen LogP contribution < -0.4 is 10.6 Å². The van der Waals surface area contributed by atoms with E-state index in [-0.39, 0.29) is 6.10 Å². The number of hydrogen-bond acceptors (Lipinski definition) is 4. The molecule has 2 N–H and O–H groups in total. The van der Waals surface area contributed by atoms with Gasteiger partial charge in [-0.3, -0.25) is 0 Å². The first-order chi connectivity index (χ1) is 7.74. The molecule has 0 radical (unpaired) electrons. The smallest absolute Gasteiger partial charge is 0.0726 e. The minimum absolute atomic E-state index is 0.288. The maximum absolute atomic E-state index is 5.62. The Bertz CT molecular complexity index is 172. The molecule has 16 heavy (non-hydrogen) atoms. The van der Waals surface area contributed by atoms with Crippen LogP contribution in [0.15, 0.2) is 0 Å². The molecule has 0 aliphatic carbocycles. The Kier molecular flexibility index (Phi) is 6.96. The van der Waals surface area contributed by atoms with E-state index in [9.17, 15) is 0 Å². The van der Waals surface area contributed by atoms with Crippen LogP contribution in [0.2, 0.25) is 0 Å². The Balaban J connectivity index is 1.93. The van der Waals surface area contributed by atoms with Crippen molar-refractivity contribution in [3.05, 3.63) is 0 Å². The van der Waals surface area contributed by atoms with Gasteiger partial charge in [-0.1, -0.05) is 0 Å². The highest BCUT2D eigenvalue weighted by Gasteiger charge is 2.21. The van der Waals surface area contributed by atoms with Crippen molar-refractivity contribution in [1.82, 2.24) is 10.6 Å². The summed E-state index contributed by atoms with van der Waals surface area (Å²) in [6.45, 7) is 8.07. The highest BCUT2D eigenvalue weighted by atomic mass is 16.5. The monoisotopic (exact) mass is 230 g/mol. The van der Waals surface area contributed by atoms with Gasteiger partial charge >= 0.3 is 0 Å². The molecule has 1 aliphatic rings. The second kappa shape index (κ2) is 8.01. The summed E-state index contributed by atoms with van der Waals surface area (Å²) < 4.78 is 10.8. The minimum Gasteiger partial charge on any atom is -0.380 e. The second-order valence-electron chi connectivity index (χ2n) is 4.54. The van der Waals surface area contributed by atoms with E-state index in [2.05, 4.69) is 24.5 Å². The van der Waals surface area contributed by atoms with E-state index in [0.717, 1.165) is 26.2 Å². The van der Waals surface area contributed by atoms with Crippen LogP contribution in [0.1, 0.15) is 26.7 Å². The van der Waals surface area contributed by atoms with E-state index in [1.54, 1.807) is 7.11 Å². The summed E-state index contributed by atoms with van der Waals surface area (Å²) in [4.78, 5) is 0. The van der Waals surface area contributed by atoms with Gasteiger partial charge in [-0.15, -0.1) is 0 Å². The third kappa shape index (κ3) is 5.25. The number of rotatable bonds is 8. The van der Waals surface area contributed by atoms with Gasteiger partial charge in [0.2, 0.25) is 0 Å². The van der Waals surface area contributed by atoms with Crippen molar-refractivity contribution < 1.29 is 9.47 Å². The van der Waals surface area contributed by atoms with Crippen LogP contribution in [-0.4, -0.2) is 51.6 Å². The largest absolute Gasteiger partial charge is 0.380 e. The lowest BCUT2D eigenvalue weighted by Gasteiger charge is -2.20. The molecular formula is C12H26N2O2. The lowest BCUT2D eigenvalue weighted by molar-refractivity contribution is 0.0835. The Morgan fingerprint density at radius 1 is 1.38 bits per heavy atom. The summed E-state index contributed by atoms with van der Waals surface area (Å²) in [6.07, 6.45) is 3.11. The molecule has 3 atom stereocenters. The number of methoxy groups -OCH3 is 1. The molecule has 0 spiro atoms. The van der Waals surface area contributed by atoms with Crippen LogP contribution in [0.4, 0.5) is 0 Å². The van der Waals surface area contributed by atoms with Gasteiger partial charge in [-0.05, 0) is 26.7 Å². The summed E-state index contributed by atoms with van der Waals surface area (Å²) in [5, 5.41) is 6.84. The van der Waals surface area contributed by atoms with Crippen molar-refractivity contribution >= 4 is 0 Å². The molecule has 1 saturated heterocycles. The summed E-state index contributed by atoms with van der Waals surface area (Å²) in [5.74, 6) is 0. The molecule has 96 valence electrons. The van der Waals surface area contributed by atoms with Gasteiger partial charge in [0.25, 0.3) is 0 Å². The fraction of sp³-hybridized carbons (Fsp3) is 1.00. The number of nitrogens with one attached hydrogen (secondary N) is 2. The van der Waals surface area contributed by atoms with Crippen LogP contribution in [0, 0.1) is 0 Å².